The van der Waals surface area contributed by atoms with Gasteiger partial charge in [-0.05, 0) is 30.2 Å². The summed E-state index contributed by atoms with van der Waals surface area (Å²) in [6, 6.07) is 16.7. The van der Waals surface area contributed by atoms with E-state index >= 15 is 0 Å². The second-order valence-corrected chi connectivity index (χ2v) is 10.7. The van der Waals surface area contributed by atoms with Gasteiger partial charge in [0.1, 0.15) is 22.5 Å². The van der Waals surface area contributed by atoms with Gasteiger partial charge in [0, 0.05) is 40.6 Å². The molecule has 3 aromatic carbocycles. The van der Waals surface area contributed by atoms with E-state index < -0.39 is 51.9 Å². The van der Waals surface area contributed by atoms with Crippen LogP contribution in [-0.4, -0.2) is 40.1 Å². The zero-order chi connectivity index (χ0) is 31.0. The van der Waals surface area contributed by atoms with Crippen molar-refractivity contribution in [2.45, 2.75) is 32.7 Å². The van der Waals surface area contributed by atoms with Crippen molar-refractivity contribution in [1.82, 2.24) is 4.57 Å². The van der Waals surface area contributed by atoms with E-state index in [1.807, 2.05) is 13.8 Å². The second-order valence-electron chi connectivity index (χ2n) is 10.7. The molecule has 5 rings (SSSR count). The molecule has 3 N–H and O–H groups in total. The molecule has 5 aromatic rings. The maximum atomic E-state index is 14.2. The summed E-state index contributed by atoms with van der Waals surface area (Å²) in [5, 5.41) is 33.0. The minimum Gasteiger partial charge on any atom is -0.504 e. The molecule has 2 heterocycles. The Morgan fingerprint density at radius 3 is 2.30 bits per heavy atom. The number of fused-ring (bicyclic) bond motifs is 2. The Morgan fingerprint density at radius 1 is 0.930 bits per heavy atom. The van der Waals surface area contributed by atoms with Crippen molar-refractivity contribution in [1.29, 1.82) is 0 Å². The number of esters is 1. The molecule has 10 nitrogen and oxygen atoms in total. The number of rotatable bonds is 8. The Morgan fingerprint density at radius 2 is 1.65 bits per heavy atom. The average Bonchev–Trinajstić information content (AvgIpc) is 3.00. The fourth-order valence-electron chi connectivity index (χ4n) is 5.37. The third kappa shape index (κ3) is 5.27. The molecule has 0 unspecified atom stereocenters. The lowest BCUT2D eigenvalue weighted by molar-refractivity contribution is -0.140. The van der Waals surface area contributed by atoms with Crippen LogP contribution in [0.2, 0.25) is 0 Å². The van der Waals surface area contributed by atoms with Crippen molar-refractivity contribution < 1.29 is 34.0 Å². The lowest BCUT2D eigenvalue weighted by Crippen LogP contribution is -2.29. The minimum absolute atomic E-state index is 0.0655. The largest absolute Gasteiger partial charge is 0.504 e. The van der Waals surface area contributed by atoms with Gasteiger partial charge >= 0.3 is 5.97 Å². The van der Waals surface area contributed by atoms with E-state index in [2.05, 4.69) is 0 Å². The normalized spacial score (nSPS) is 12.1. The molecule has 2 aromatic heterocycles. The molecular formula is C33H31NO9. The number of phenolic OH excluding ortho intramolecular Hbond substituents is 3. The number of nitrogens with zero attached hydrogens (tertiary/aromatic N) is 1. The summed E-state index contributed by atoms with van der Waals surface area (Å²) in [4.78, 5) is 40.4. The maximum Gasteiger partial charge on any atom is 0.306 e. The molecular weight excluding hydrogens is 554 g/mol. The molecule has 0 aliphatic rings. The van der Waals surface area contributed by atoms with Crippen LogP contribution in [0.1, 0.15) is 37.3 Å². The van der Waals surface area contributed by atoms with Crippen LogP contribution < -0.4 is 15.7 Å². The van der Waals surface area contributed by atoms with Crippen LogP contribution in [0.5, 0.6) is 23.0 Å². The van der Waals surface area contributed by atoms with Gasteiger partial charge < -0.3 is 33.8 Å². The molecule has 0 bridgehead atoms. The molecule has 222 valence electrons. The number of aromatic hydroxyl groups is 3. The second kappa shape index (κ2) is 11.6. The highest BCUT2D eigenvalue weighted by Gasteiger charge is 2.33. The number of hydrogen-bond donors (Lipinski definition) is 3. The minimum atomic E-state index is -1.27. The SMILES string of the molecule is COC(=O)C[C@@H](c1cc2cc(OC)ccc2n(CC(C)C)c1=O)c1c(O)c(O)c(O)c2c(=O)cc(-c3ccccc3)oc12. The Hall–Kier alpha value is -5.25. The fourth-order valence-corrected chi connectivity index (χ4v) is 5.37. The summed E-state index contributed by atoms with van der Waals surface area (Å²) in [5.74, 6) is -4.00. The number of carbonyl (C=O) groups is 1. The molecule has 1 atom stereocenters. The molecule has 0 spiro atoms. The van der Waals surface area contributed by atoms with Crippen molar-refractivity contribution in [3.8, 4) is 34.3 Å². The molecule has 0 aliphatic carbocycles. The average molecular weight is 586 g/mol. The van der Waals surface area contributed by atoms with Gasteiger partial charge in [0.15, 0.2) is 16.9 Å². The molecule has 10 heteroatoms. The number of pyridine rings is 1. The van der Waals surface area contributed by atoms with Crippen molar-refractivity contribution in [2.75, 3.05) is 14.2 Å². The van der Waals surface area contributed by atoms with Crippen LogP contribution in [0.3, 0.4) is 0 Å². The lowest BCUT2D eigenvalue weighted by atomic mass is 9.86. The Labute approximate surface area is 246 Å². The third-order valence-electron chi connectivity index (χ3n) is 7.39. The lowest BCUT2D eigenvalue weighted by Gasteiger charge is -2.23. The van der Waals surface area contributed by atoms with E-state index in [0.29, 0.717) is 28.8 Å². The summed E-state index contributed by atoms with van der Waals surface area (Å²) >= 11 is 0. The van der Waals surface area contributed by atoms with Crippen LogP contribution in [0.25, 0.3) is 33.2 Å². The first-order chi connectivity index (χ1) is 20.5. The molecule has 0 amide bonds. The van der Waals surface area contributed by atoms with E-state index in [4.69, 9.17) is 13.9 Å². The van der Waals surface area contributed by atoms with Gasteiger partial charge in [-0.1, -0.05) is 44.2 Å². The van der Waals surface area contributed by atoms with Crippen molar-refractivity contribution >= 4 is 27.8 Å². The summed E-state index contributed by atoms with van der Waals surface area (Å²) in [6.07, 6.45) is -0.463. The summed E-state index contributed by atoms with van der Waals surface area (Å²) in [5.41, 5.74) is -0.439. The quantitative estimate of drug-likeness (QED) is 0.164. The first-order valence-electron chi connectivity index (χ1n) is 13.6. The first-order valence-corrected chi connectivity index (χ1v) is 13.6. The van der Waals surface area contributed by atoms with Crippen molar-refractivity contribution in [3.05, 3.63) is 92.4 Å². The number of benzene rings is 3. The molecule has 43 heavy (non-hydrogen) atoms. The molecule has 0 saturated heterocycles. The number of hydrogen-bond acceptors (Lipinski definition) is 9. The predicted octanol–water partition coefficient (Wildman–Crippen LogP) is 5.25. The smallest absolute Gasteiger partial charge is 0.306 e. The van der Waals surface area contributed by atoms with Crippen molar-refractivity contribution in [2.24, 2.45) is 5.92 Å². The van der Waals surface area contributed by atoms with Crippen LogP contribution in [0, 0.1) is 5.92 Å². The van der Waals surface area contributed by atoms with E-state index in [0.717, 1.165) is 6.07 Å². The van der Waals surface area contributed by atoms with Crippen LogP contribution in [-0.2, 0) is 16.1 Å². The van der Waals surface area contributed by atoms with Crippen molar-refractivity contribution in [3.63, 3.8) is 0 Å². The number of carbonyl (C=O) groups excluding carboxylic acids is 1. The summed E-state index contributed by atoms with van der Waals surface area (Å²) in [6.45, 7) is 4.25. The zero-order valence-corrected chi connectivity index (χ0v) is 24.1. The molecule has 0 aliphatic heterocycles. The van der Waals surface area contributed by atoms with Gasteiger partial charge in [-0.15, -0.1) is 0 Å². The Bertz CT molecular complexity index is 1970. The van der Waals surface area contributed by atoms with Gasteiger partial charge in [-0.2, -0.15) is 0 Å². The molecule has 0 saturated carbocycles. The fraction of sp³-hybridized carbons (Fsp3) is 0.242. The monoisotopic (exact) mass is 585 g/mol. The highest BCUT2D eigenvalue weighted by molar-refractivity contribution is 5.94. The van der Waals surface area contributed by atoms with E-state index in [-0.39, 0.29) is 28.4 Å². The van der Waals surface area contributed by atoms with Crippen LogP contribution >= 0.6 is 0 Å². The van der Waals surface area contributed by atoms with Gasteiger partial charge in [-0.3, -0.25) is 14.4 Å². The standard InChI is InChI=1S/C33H31NO9/c1-17(2)16-34-23-11-10-20(41-3)12-19(23)13-22(33(34)40)21(14-26(36)42-4)27-29(37)31(39)30(38)28-24(35)15-25(43-32(27)28)18-8-6-5-7-9-18/h5-13,15,17,21,37-39H,14,16H2,1-4H3/t21-/m0/s1. The Kier molecular flexibility index (Phi) is 7.86. The van der Waals surface area contributed by atoms with E-state index in [1.54, 1.807) is 59.2 Å². The number of aromatic nitrogens is 1. The van der Waals surface area contributed by atoms with Gasteiger partial charge in [0.05, 0.1) is 26.2 Å². The van der Waals surface area contributed by atoms with Crippen LogP contribution in [0.4, 0.5) is 0 Å². The summed E-state index contributed by atoms with van der Waals surface area (Å²) < 4.78 is 18.1. The maximum absolute atomic E-state index is 14.2. The summed E-state index contributed by atoms with van der Waals surface area (Å²) in [7, 11) is 2.70. The zero-order valence-electron chi connectivity index (χ0n) is 24.1. The highest BCUT2D eigenvalue weighted by atomic mass is 16.5. The number of ether oxygens (including phenoxy) is 2. The van der Waals surface area contributed by atoms with Gasteiger partial charge in [-0.25, -0.2) is 0 Å². The molecule has 0 radical (unpaired) electrons. The van der Waals surface area contributed by atoms with E-state index in [1.165, 1.54) is 14.2 Å². The van der Waals surface area contributed by atoms with Gasteiger partial charge in [0.2, 0.25) is 5.75 Å². The van der Waals surface area contributed by atoms with Gasteiger partial charge in [0.25, 0.3) is 5.56 Å². The Balaban J connectivity index is 1.92. The number of phenols is 3. The van der Waals surface area contributed by atoms with Crippen LogP contribution in [0.15, 0.2) is 74.7 Å². The first kappa shape index (κ1) is 29.2. The number of methoxy groups -OCH3 is 2. The predicted molar refractivity (Wildman–Crippen MR) is 161 cm³/mol. The van der Waals surface area contributed by atoms with E-state index in [9.17, 15) is 29.7 Å². The molecule has 0 fully saturated rings. The topological polar surface area (TPSA) is 148 Å². The third-order valence-corrected chi connectivity index (χ3v) is 7.39. The highest BCUT2D eigenvalue weighted by Crippen LogP contribution is 2.49.